The largest absolute Gasteiger partial charge is 0.361 e. The number of hydrogen-bond donors (Lipinski definition) is 0. The van der Waals surface area contributed by atoms with Crippen molar-refractivity contribution in [3.8, 4) is 0 Å². The van der Waals surface area contributed by atoms with Crippen LogP contribution < -0.4 is 0 Å². The Labute approximate surface area is 94.9 Å². The molecule has 0 saturated heterocycles. The molecule has 0 bridgehead atoms. The number of allylic oxidation sites excluding steroid dienone is 1. The van der Waals surface area contributed by atoms with E-state index >= 15 is 0 Å². The van der Waals surface area contributed by atoms with Gasteiger partial charge in [-0.1, -0.05) is 6.92 Å². The van der Waals surface area contributed by atoms with Crippen molar-refractivity contribution in [2.24, 2.45) is 5.92 Å². The van der Waals surface area contributed by atoms with Gasteiger partial charge in [-0.3, -0.25) is 0 Å². The molecule has 0 saturated carbocycles. The van der Waals surface area contributed by atoms with Crippen LogP contribution in [0.15, 0.2) is 11.4 Å². The standard InChI is InChI=1S/C13H26N2/c1-6-12-9-10-14(5)13(11(12)4)15(7-2)8-3/h12H,6-10H2,1-5H3. The fraction of sp³-hybridized carbons (Fsp3) is 0.846. The van der Waals surface area contributed by atoms with E-state index in [-0.39, 0.29) is 0 Å². The highest BCUT2D eigenvalue weighted by atomic mass is 15.3. The second-order valence-electron chi connectivity index (χ2n) is 4.49. The Bertz CT molecular complexity index is 229. The number of hydrogen-bond acceptors (Lipinski definition) is 2. The first-order valence-corrected chi connectivity index (χ1v) is 6.32. The first kappa shape index (κ1) is 12.4. The Morgan fingerprint density at radius 3 is 2.33 bits per heavy atom. The molecule has 1 heterocycles. The average Bonchev–Trinajstić information content (AvgIpc) is 2.24. The molecule has 0 aromatic heterocycles. The molecule has 1 unspecified atom stereocenters. The maximum atomic E-state index is 2.48. The summed E-state index contributed by atoms with van der Waals surface area (Å²) < 4.78 is 0. The highest BCUT2D eigenvalue weighted by molar-refractivity contribution is 5.16. The lowest BCUT2D eigenvalue weighted by Crippen LogP contribution is -2.39. The Morgan fingerprint density at radius 2 is 1.87 bits per heavy atom. The quantitative estimate of drug-likeness (QED) is 0.704. The van der Waals surface area contributed by atoms with Gasteiger partial charge in [-0.25, -0.2) is 0 Å². The van der Waals surface area contributed by atoms with Gasteiger partial charge in [0.05, 0.1) is 0 Å². The first-order valence-electron chi connectivity index (χ1n) is 6.32. The van der Waals surface area contributed by atoms with Crippen LogP contribution >= 0.6 is 0 Å². The molecule has 0 aromatic rings. The van der Waals surface area contributed by atoms with Crippen molar-refractivity contribution in [3.05, 3.63) is 11.4 Å². The lowest BCUT2D eigenvalue weighted by Gasteiger charge is -2.40. The zero-order chi connectivity index (χ0) is 11.4. The van der Waals surface area contributed by atoms with Crippen LogP contribution in [0.1, 0.15) is 40.5 Å². The van der Waals surface area contributed by atoms with E-state index < -0.39 is 0 Å². The van der Waals surface area contributed by atoms with E-state index in [1.165, 1.54) is 25.2 Å². The van der Waals surface area contributed by atoms with Crippen LogP contribution in [0.5, 0.6) is 0 Å². The zero-order valence-electron chi connectivity index (χ0n) is 11.0. The van der Waals surface area contributed by atoms with Gasteiger partial charge in [0, 0.05) is 26.7 Å². The first-order chi connectivity index (χ1) is 7.15. The highest BCUT2D eigenvalue weighted by Gasteiger charge is 2.24. The third-order valence-corrected chi connectivity index (χ3v) is 3.70. The molecule has 0 radical (unpaired) electrons. The summed E-state index contributed by atoms with van der Waals surface area (Å²) in [6.45, 7) is 12.5. The third kappa shape index (κ3) is 2.47. The van der Waals surface area contributed by atoms with Crippen LogP contribution in [-0.4, -0.2) is 36.5 Å². The lowest BCUT2D eigenvalue weighted by atomic mass is 9.90. The number of rotatable bonds is 4. The van der Waals surface area contributed by atoms with Crippen molar-refractivity contribution in [3.63, 3.8) is 0 Å². The summed E-state index contributed by atoms with van der Waals surface area (Å²) in [6.07, 6.45) is 2.61. The van der Waals surface area contributed by atoms with Crippen LogP contribution in [0.4, 0.5) is 0 Å². The van der Waals surface area contributed by atoms with Crippen LogP contribution in [0.2, 0.25) is 0 Å². The molecule has 88 valence electrons. The number of nitrogens with zero attached hydrogens (tertiary/aromatic N) is 2. The van der Waals surface area contributed by atoms with E-state index in [9.17, 15) is 0 Å². The molecule has 0 aromatic carbocycles. The highest BCUT2D eigenvalue weighted by Crippen LogP contribution is 2.30. The monoisotopic (exact) mass is 210 g/mol. The van der Waals surface area contributed by atoms with Gasteiger partial charge in [0.1, 0.15) is 5.82 Å². The summed E-state index contributed by atoms with van der Waals surface area (Å²) in [6, 6.07) is 0. The molecule has 0 aliphatic carbocycles. The van der Waals surface area contributed by atoms with Crippen molar-refractivity contribution in [2.45, 2.75) is 40.5 Å². The second kappa shape index (κ2) is 5.43. The fourth-order valence-corrected chi connectivity index (χ4v) is 2.68. The van der Waals surface area contributed by atoms with Crippen molar-refractivity contribution in [1.82, 2.24) is 9.80 Å². The van der Waals surface area contributed by atoms with Crippen LogP contribution in [0, 0.1) is 5.92 Å². The van der Waals surface area contributed by atoms with E-state index in [0.29, 0.717) is 0 Å². The molecule has 2 heteroatoms. The molecule has 1 atom stereocenters. The van der Waals surface area contributed by atoms with Gasteiger partial charge in [0.2, 0.25) is 0 Å². The molecule has 0 amide bonds. The molecule has 15 heavy (non-hydrogen) atoms. The van der Waals surface area contributed by atoms with Crippen LogP contribution in [-0.2, 0) is 0 Å². The molecular weight excluding hydrogens is 184 g/mol. The molecule has 0 N–H and O–H groups in total. The molecule has 1 rings (SSSR count). The summed E-state index contributed by atoms with van der Waals surface area (Å²) >= 11 is 0. The Hall–Kier alpha value is -0.660. The van der Waals surface area contributed by atoms with E-state index in [1.54, 1.807) is 5.57 Å². The van der Waals surface area contributed by atoms with Crippen LogP contribution in [0.25, 0.3) is 0 Å². The summed E-state index contributed by atoms with van der Waals surface area (Å²) in [5, 5.41) is 0. The van der Waals surface area contributed by atoms with Gasteiger partial charge >= 0.3 is 0 Å². The Balaban J connectivity index is 2.96. The molecule has 0 spiro atoms. The molecule has 1 aliphatic rings. The van der Waals surface area contributed by atoms with E-state index in [1.807, 2.05) is 0 Å². The minimum Gasteiger partial charge on any atom is -0.361 e. The van der Waals surface area contributed by atoms with E-state index in [2.05, 4.69) is 44.5 Å². The van der Waals surface area contributed by atoms with Gasteiger partial charge in [-0.2, -0.15) is 0 Å². The molecular formula is C13H26N2. The van der Waals surface area contributed by atoms with Gasteiger partial charge < -0.3 is 9.80 Å². The van der Waals surface area contributed by atoms with Gasteiger partial charge in [-0.05, 0) is 45.1 Å². The normalized spacial score (nSPS) is 22.2. The molecule has 2 nitrogen and oxygen atoms in total. The van der Waals surface area contributed by atoms with Gasteiger partial charge in [-0.15, -0.1) is 0 Å². The lowest BCUT2D eigenvalue weighted by molar-refractivity contribution is 0.210. The van der Waals surface area contributed by atoms with Crippen LogP contribution in [0.3, 0.4) is 0 Å². The summed E-state index contributed by atoms with van der Waals surface area (Å²) in [4.78, 5) is 4.91. The fourth-order valence-electron chi connectivity index (χ4n) is 2.68. The predicted molar refractivity (Wildman–Crippen MR) is 66.6 cm³/mol. The topological polar surface area (TPSA) is 6.48 Å². The summed E-state index contributed by atoms with van der Waals surface area (Å²) in [7, 11) is 2.23. The van der Waals surface area contributed by atoms with E-state index in [0.717, 1.165) is 19.0 Å². The summed E-state index contributed by atoms with van der Waals surface area (Å²) in [5.74, 6) is 2.29. The maximum Gasteiger partial charge on any atom is 0.103 e. The predicted octanol–water partition coefficient (Wildman–Crippen LogP) is 2.92. The SMILES string of the molecule is CCC1CCN(C)C(N(CC)CC)=C1C. The maximum absolute atomic E-state index is 2.48. The Morgan fingerprint density at radius 1 is 1.27 bits per heavy atom. The van der Waals surface area contributed by atoms with Crippen molar-refractivity contribution in [1.29, 1.82) is 0 Å². The van der Waals surface area contributed by atoms with Crippen molar-refractivity contribution < 1.29 is 0 Å². The van der Waals surface area contributed by atoms with Crippen molar-refractivity contribution >= 4 is 0 Å². The van der Waals surface area contributed by atoms with Crippen molar-refractivity contribution in [2.75, 3.05) is 26.7 Å². The Kier molecular flexibility index (Phi) is 4.49. The van der Waals surface area contributed by atoms with Gasteiger partial charge in [0.15, 0.2) is 0 Å². The molecule has 1 aliphatic heterocycles. The smallest absolute Gasteiger partial charge is 0.103 e. The second-order valence-corrected chi connectivity index (χ2v) is 4.49. The summed E-state index contributed by atoms with van der Waals surface area (Å²) in [5.41, 5.74) is 1.59. The zero-order valence-corrected chi connectivity index (χ0v) is 11.0. The average molecular weight is 210 g/mol. The minimum absolute atomic E-state index is 0.803. The molecule has 0 fully saturated rings. The van der Waals surface area contributed by atoms with E-state index in [4.69, 9.17) is 0 Å². The minimum atomic E-state index is 0.803. The van der Waals surface area contributed by atoms with Gasteiger partial charge in [0.25, 0.3) is 0 Å². The third-order valence-electron chi connectivity index (χ3n) is 3.70.